The lowest BCUT2D eigenvalue weighted by Gasteiger charge is -2.24. The van der Waals surface area contributed by atoms with Gasteiger partial charge in [0.15, 0.2) is 0 Å². The molecular formula is C13H14BrN3O. The minimum Gasteiger partial charge on any atom is -0.369 e. The van der Waals surface area contributed by atoms with E-state index in [1.54, 1.807) is 0 Å². The molecule has 0 aliphatic heterocycles. The van der Waals surface area contributed by atoms with Crippen molar-refractivity contribution in [1.29, 1.82) is 0 Å². The van der Waals surface area contributed by atoms with Gasteiger partial charge in [0.25, 0.3) is 0 Å². The van der Waals surface area contributed by atoms with Gasteiger partial charge in [-0.2, -0.15) is 0 Å². The molecule has 1 aliphatic rings. The highest BCUT2D eigenvalue weighted by atomic mass is 79.9. The Morgan fingerprint density at radius 3 is 2.94 bits per heavy atom. The highest BCUT2D eigenvalue weighted by Crippen LogP contribution is 2.36. The Hall–Kier alpha value is -1.33. The van der Waals surface area contributed by atoms with Gasteiger partial charge in [-0.25, -0.2) is 0 Å². The van der Waals surface area contributed by atoms with Crippen LogP contribution < -0.4 is 11.5 Å². The SMILES string of the molecule is NC(=O)C1Cc2c([nH]c3ccc(Br)cc23)C(N)C1. The van der Waals surface area contributed by atoms with E-state index in [-0.39, 0.29) is 17.9 Å². The smallest absolute Gasteiger partial charge is 0.220 e. The predicted octanol–water partition coefficient (Wildman–Crippen LogP) is 1.98. The molecule has 2 atom stereocenters. The van der Waals surface area contributed by atoms with Crippen LogP contribution in [0.15, 0.2) is 22.7 Å². The highest BCUT2D eigenvalue weighted by molar-refractivity contribution is 9.10. The lowest BCUT2D eigenvalue weighted by molar-refractivity contribution is -0.122. The standard InChI is InChI=1S/C13H14BrN3O/c14-7-1-2-11-8(5-7)9-3-6(13(16)18)4-10(15)12(9)17-11/h1-2,5-6,10,17H,3-4,15H2,(H2,16,18). The third-order valence-corrected chi connectivity index (χ3v) is 4.16. The summed E-state index contributed by atoms with van der Waals surface area (Å²) in [6.45, 7) is 0. The Morgan fingerprint density at radius 2 is 2.22 bits per heavy atom. The summed E-state index contributed by atoms with van der Waals surface area (Å²) in [7, 11) is 0. The number of rotatable bonds is 1. The van der Waals surface area contributed by atoms with E-state index < -0.39 is 0 Å². The quantitative estimate of drug-likeness (QED) is 0.752. The largest absolute Gasteiger partial charge is 0.369 e. The summed E-state index contributed by atoms with van der Waals surface area (Å²) >= 11 is 3.47. The first kappa shape index (κ1) is 11.7. The van der Waals surface area contributed by atoms with E-state index in [4.69, 9.17) is 11.5 Å². The van der Waals surface area contributed by atoms with E-state index in [0.717, 1.165) is 26.6 Å². The van der Waals surface area contributed by atoms with Crippen LogP contribution in [0.1, 0.15) is 23.7 Å². The normalized spacial score (nSPS) is 23.0. The molecule has 1 aromatic carbocycles. The van der Waals surface area contributed by atoms with Crippen LogP contribution in [0.3, 0.4) is 0 Å². The van der Waals surface area contributed by atoms with Crippen molar-refractivity contribution in [2.45, 2.75) is 18.9 Å². The van der Waals surface area contributed by atoms with Crippen molar-refractivity contribution < 1.29 is 4.79 Å². The van der Waals surface area contributed by atoms with Gasteiger partial charge < -0.3 is 16.5 Å². The molecule has 1 aromatic heterocycles. The molecule has 0 bridgehead atoms. The molecule has 1 aliphatic carbocycles. The number of amides is 1. The maximum Gasteiger partial charge on any atom is 0.220 e. The van der Waals surface area contributed by atoms with E-state index in [9.17, 15) is 4.79 Å². The Morgan fingerprint density at radius 1 is 1.44 bits per heavy atom. The summed E-state index contributed by atoms with van der Waals surface area (Å²) in [5.41, 5.74) is 14.8. The van der Waals surface area contributed by atoms with E-state index in [1.807, 2.05) is 12.1 Å². The van der Waals surface area contributed by atoms with Crippen LogP contribution in [0.5, 0.6) is 0 Å². The number of nitrogens with one attached hydrogen (secondary N) is 1. The van der Waals surface area contributed by atoms with Crippen molar-refractivity contribution in [1.82, 2.24) is 4.98 Å². The lowest BCUT2D eigenvalue weighted by atomic mass is 9.83. The maximum absolute atomic E-state index is 11.4. The van der Waals surface area contributed by atoms with Gasteiger partial charge in [0.2, 0.25) is 5.91 Å². The van der Waals surface area contributed by atoms with Gasteiger partial charge in [-0.15, -0.1) is 0 Å². The predicted molar refractivity (Wildman–Crippen MR) is 73.9 cm³/mol. The van der Waals surface area contributed by atoms with Crippen molar-refractivity contribution in [2.75, 3.05) is 0 Å². The number of carbonyl (C=O) groups is 1. The van der Waals surface area contributed by atoms with Crippen molar-refractivity contribution >= 4 is 32.7 Å². The number of fused-ring (bicyclic) bond motifs is 3. The minimum atomic E-state index is -0.263. The first-order valence-corrected chi connectivity index (χ1v) is 6.70. The van der Waals surface area contributed by atoms with Crippen LogP contribution in [0, 0.1) is 5.92 Å². The topological polar surface area (TPSA) is 84.9 Å². The molecule has 0 fully saturated rings. The molecule has 5 heteroatoms. The van der Waals surface area contributed by atoms with E-state index in [0.29, 0.717) is 12.8 Å². The summed E-state index contributed by atoms with van der Waals surface area (Å²) in [6, 6.07) is 5.92. The molecule has 0 spiro atoms. The van der Waals surface area contributed by atoms with Crippen molar-refractivity contribution in [3.63, 3.8) is 0 Å². The van der Waals surface area contributed by atoms with Gasteiger partial charge in [-0.1, -0.05) is 15.9 Å². The Balaban J connectivity index is 2.18. The second-order valence-electron chi connectivity index (χ2n) is 4.85. The van der Waals surface area contributed by atoms with Crippen LogP contribution in [-0.2, 0) is 11.2 Å². The van der Waals surface area contributed by atoms with Crippen LogP contribution in [0.2, 0.25) is 0 Å². The molecule has 1 amide bonds. The average Bonchev–Trinajstić information content (AvgIpc) is 2.68. The molecule has 94 valence electrons. The minimum absolute atomic E-state index is 0.141. The molecule has 18 heavy (non-hydrogen) atoms. The number of hydrogen-bond acceptors (Lipinski definition) is 2. The van der Waals surface area contributed by atoms with Crippen molar-refractivity contribution in [2.24, 2.45) is 17.4 Å². The molecule has 5 N–H and O–H groups in total. The number of halogens is 1. The van der Waals surface area contributed by atoms with Gasteiger partial charge >= 0.3 is 0 Å². The number of benzene rings is 1. The number of hydrogen-bond donors (Lipinski definition) is 3. The van der Waals surface area contributed by atoms with E-state index in [2.05, 4.69) is 27.0 Å². The third-order valence-electron chi connectivity index (χ3n) is 3.66. The van der Waals surface area contributed by atoms with Gasteiger partial charge in [0.1, 0.15) is 0 Å². The number of primary amides is 1. The number of aromatic amines is 1. The van der Waals surface area contributed by atoms with Crippen LogP contribution in [-0.4, -0.2) is 10.9 Å². The van der Waals surface area contributed by atoms with Gasteiger partial charge in [0, 0.05) is 33.0 Å². The van der Waals surface area contributed by atoms with Crippen molar-refractivity contribution in [3.8, 4) is 0 Å². The van der Waals surface area contributed by atoms with Gasteiger partial charge in [-0.05, 0) is 36.6 Å². The highest BCUT2D eigenvalue weighted by Gasteiger charge is 2.30. The summed E-state index contributed by atoms with van der Waals surface area (Å²) in [5, 5.41) is 1.13. The van der Waals surface area contributed by atoms with Gasteiger partial charge in [0.05, 0.1) is 0 Å². The fourth-order valence-corrected chi connectivity index (χ4v) is 3.11. The molecule has 0 saturated heterocycles. The number of carbonyl (C=O) groups excluding carboxylic acids is 1. The average molecular weight is 308 g/mol. The molecular weight excluding hydrogens is 294 g/mol. The Kier molecular flexibility index (Phi) is 2.68. The summed E-state index contributed by atoms with van der Waals surface area (Å²) in [4.78, 5) is 14.7. The Labute approximate surface area is 113 Å². The second kappa shape index (κ2) is 4.10. The first-order valence-electron chi connectivity index (χ1n) is 5.91. The monoisotopic (exact) mass is 307 g/mol. The second-order valence-corrected chi connectivity index (χ2v) is 5.77. The molecule has 0 radical (unpaired) electrons. The molecule has 2 unspecified atom stereocenters. The summed E-state index contributed by atoms with van der Waals surface area (Å²) in [5.74, 6) is -0.425. The number of nitrogens with two attached hydrogens (primary N) is 2. The summed E-state index contributed by atoms with van der Waals surface area (Å²) < 4.78 is 1.02. The maximum atomic E-state index is 11.4. The molecule has 4 nitrogen and oxygen atoms in total. The van der Waals surface area contributed by atoms with E-state index in [1.165, 1.54) is 0 Å². The Bertz CT molecular complexity index is 634. The van der Waals surface area contributed by atoms with Crippen molar-refractivity contribution in [3.05, 3.63) is 33.9 Å². The lowest BCUT2D eigenvalue weighted by Crippen LogP contribution is -2.32. The zero-order valence-corrected chi connectivity index (χ0v) is 11.3. The fraction of sp³-hybridized carbons (Fsp3) is 0.308. The van der Waals surface area contributed by atoms with E-state index >= 15 is 0 Å². The fourth-order valence-electron chi connectivity index (χ4n) is 2.75. The van der Waals surface area contributed by atoms with Crippen LogP contribution in [0.25, 0.3) is 10.9 Å². The zero-order chi connectivity index (χ0) is 12.9. The first-order chi connectivity index (χ1) is 8.56. The molecule has 3 rings (SSSR count). The number of aromatic nitrogens is 1. The molecule has 2 aromatic rings. The zero-order valence-electron chi connectivity index (χ0n) is 9.74. The van der Waals surface area contributed by atoms with Gasteiger partial charge in [-0.3, -0.25) is 4.79 Å². The number of H-pyrrole nitrogens is 1. The summed E-state index contributed by atoms with van der Waals surface area (Å²) in [6.07, 6.45) is 1.30. The van der Waals surface area contributed by atoms with Crippen LogP contribution >= 0.6 is 15.9 Å². The van der Waals surface area contributed by atoms with Crippen LogP contribution in [0.4, 0.5) is 0 Å². The molecule has 0 saturated carbocycles. The third kappa shape index (κ3) is 1.74. The molecule has 1 heterocycles.